The van der Waals surface area contributed by atoms with E-state index in [4.69, 9.17) is 5.73 Å². The average molecular weight is 276 g/mol. The van der Waals surface area contributed by atoms with Crippen molar-refractivity contribution in [1.29, 1.82) is 0 Å². The van der Waals surface area contributed by atoms with Crippen LogP contribution >= 0.6 is 11.3 Å². The Morgan fingerprint density at radius 3 is 3.05 bits per heavy atom. The first kappa shape index (κ1) is 11.9. The van der Waals surface area contributed by atoms with Crippen molar-refractivity contribution in [1.82, 2.24) is 15.0 Å². The van der Waals surface area contributed by atoms with Crippen molar-refractivity contribution >= 4 is 28.3 Å². The quantitative estimate of drug-likeness (QED) is 0.572. The second kappa shape index (κ2) is 4.52. The Morgan fingerprint density at radius 2 is 2.37 bits per heavy atom. The lowest BCUT2D eigenvalue weighted by atomic mass is 9.96. The number of H-pyrrole nitrogens is 2. The fourth-order valence-electron chi connectivity index (χ4n) is 2.17. The number of thiophene rings is 1. The maximum Gasteiger partial charge on any atom is 0.276 e. The molecule has 0 aliphatic heterocycles. The van der Waals surface area contributed by atoms with Gasteiger partial charge in [0.05, 0.1) is 6.61 Å². The van der Waals surface area contributed by atoms with Crippen LogP contribution in [-0.4, -0.2) is 26.7 Å². The second-order valence-electron chi connectivity index (χ2n) is 4.21. The summed E-state index contributed by atoms with van der Waals surface area (Å²) in [5, 5.41) is 13.5. The van der Waals surface area contributed by atoms with Crippen LogP contribution in [0, 0.1) is 0 Å². The molecule has 0 aliphatic carbocycles. The molecular weight excluding hydrogens is 264 g/mol. The van der Waals surface area contributed by atoms with E-state index in [1.807, 2.05) is 16.8 Å². The van der Waals surface area contributed by atoms with Crippen LogP contribution < -0.4 is 11.3 Å². The van der Waals surface area contributed by atoms with Gasteiger partial charge in [0.25, 0.3) is 5.56 Å². The molecule has 1 unspecified atom stereocenters. The highest BCUT2D eigenvalue weighted by atomic mass is 32.1. The second-order valence-corrected chi connectivity index (χ2v) is 4.99. The molecule has 0 spiro atoms. The summed E-state index contributed by atoms with van der Waals surface area (Å²) in [7, 11) is 0. The molecular formula is C12H12N4O2S. The Morgan fingerprint density at radius 1 is 1.53 bits per heavy atom. The fourth-order valence-corrected chi connectivity index (χ4v) is 2.89. The number of nitrogens with zero attached hydrogens (tertiary/aromatic N) is 1. The van der Waals surface area contributed by atoms with Gasteiger partial charge in [-0.25, -0.2) is 4.98 Å². The Bertz CT molecular complexity index is 760. The lowest BCUT2D eigenvalue weighted by Crippen LogP contribution is -2.12. The minimum atomic E-state index is -0.309. The predicted octanol–water partition coefficient (Wildman–Crippen LogP) is 1.02. The first-order chi connectivity index (χ1) is 9.20. The molecule has 3 heterocycles. The standard InChI is InChI=1S/C12H12N4O2S/c13-12-15-9-7(3-14-10(9)11(18)16-12)8(4-17)6-1-2-19-5-6/h1-3,5,8,14,17H,4H2,(H3,13,15,16,18). The fraction of sp³-hybridized carbons (Fsp3) is 0.167. The molecule has 6 nitrogen and oxygen atoms in total. The largest absolute Gasteiger partial charge is 0.395 e. The summed E-state index contributed by atoms with van der Waals surface area (Å²) in [5.41, 5.74) is 7.91. The number of nitrogens with one attached hydrogen (secondary N) is 2. The average Bonchev–Trinajstić information content (AvgIpc) is 3.01. The van der Waals surface area contributed by atoms with Crippen molar-refractivity contribution < 1.29 is 5.11 Å². The topological polar surface area (TPSA) is 108 Å². The number of aromatic nitrogens is 3. The van der Waals surface area contributed by atoms with Gasteiger partial charge in [-0.3, -0.25) is 9.78 Å². The molecule has 3 aromatic rings. The van der Waals surface area contributed by atoms with E-state index >= 15 is 0 Å². The van der Waals surface area contributed by atoms with Crippen molar-refractivity contribution in [2.45, 2.75) is 5.92 Å². The van der Waals surface area contributed by atoms with Crippen molar-refractivity contribution in [3.63, 3.8) is 0 Å². The maximum atomic E-state index is 11.7. The molecule has 0 amide bonds. The third-order valence-corrected chi connectivity index (χ3v) is 3.79. The molecule has 0 aliphatic rings. The van der Waals surface area contributed by atoms with E-state index in [0.717, 1.165) is 11.1 Å². The van der Waals surface area contributed by atoms with Gasteiger partial charge in [-0.1, -0.05) is 0 Å². The van der Waals surface area contributed by atoms with Crippen LogP contribution in [0.2, 0.25) is 0 Å². The summed E-state index contributed by atoms with van der Waals surface area (Å²) >= 11 is 1.56. The van der Waals surface area contributed by atoms with Gasteiger partial charge in [0.2, 0.25) is 5.95 Å². The number of aliphatic hydroxyl groups is 1. The Hall–Kier alpha value is -2.12. The summed E-state index contributed by atoms with van der Waals surface area (Å²) in [6, 6.07) is 1.95. The minimum absolute atomic E-state index is 0.0575. The number of anilines is 1. The van der Waals surface area contributed by atoms with Crippen LogP contribution in [0.5, 0.6) is 0 Å². The first-order valence-corrected chi connectivity index (χ1v) is 6.64. The van der Waals surface area contributed by atoms with Crippen LogP contribution in [0.4, 0.5) is 5.95 Å². The SMILES string of the molecule is Nc1nc2c(C(CO)c3ccsc3)c[nH]c2c(=O)[nH]1. The molecule has 0 fully saturated rings. The minimum Gasteiger partial charge on any atom is -0.395 e. The summed E-state index contributed by atoms with van der Waals surface area (Å²) in [5.74, 6) is -0.144. The molecule has 0 saturated heterocycles. The lowest BCUT2D eigenvalue weighted by Gasteiger charge is -2.11. The van der Waals surface area contributed by atoms with Crippen LogP contribution in [-0.2, 0) is 0 Å². The van der Waals surface area contributed by atoms with Gasteiger partial charge in [0.1, 0.15) is 11.0 Å². The molecule has 0 radical (unpaired) electrons. The highest BCUT2D eigenvalue weighted by molar-refractivity contribution is 7.08. The van der Waals surface area contributed by atoms with Gasteiger partial charge >= 0.3 is 0 Å². The van der Waals surface area contributed by atoms with Gasteiger partial charge in [0.15, 0.2) is 0 Å². The molecule has 0 aromatic carbocycles. The van der Waals surface area contributed by atoms with Gasteiger partial charge in [0, 0.05) is 17.7 Å². The van der Waals surface area contributed by atoms with Crippen LogP contribution in [0.25, 0.3) is 11.0 Å². The number of nitrogens with two attached hydrogens (primary N) is 1. The van der Waals surface area contributed by atoms with Gasteiger partial charge in [-0.15, -0.1) is 0 Å². The summed E-state index contributed by atoms with van der Waals surface area (Å²) in [6.45, 7) is -0.0575. The zero-order valence-electron chi connectivity index (χ0n) is 9.88. The maximum absolute atomic E-state index is 11.7. The van der Waals surface area contributed by atoms with Crippen molar-refractivity contribution in [2.75, 3.05) is 12.3 Å². The number of aliphatic hydroxyl groups excluding tert-OH is 1. The molecule has 3 rings (SSSR count). The number of nitrogen functional groups attached to an aromatic ring is 1. The first-order valence-electron chi connectivity index (χ1n) is 5.70. The third kappa shape index (κ3) is 1.92. The van der Waals surface area contributed by atoms with E-state index in [1.165, 1.54) is 0 Å². The molecule has 0 saturated carbocycles. The molecule has 3 aromatic heterocycles. The third-order valence-electron chi connectivity index (χ3n) is 3.09. The van der Waals surface area contributed by atoms with Gasteiger partial charge < -0.3 is 15.8 Å². The van der Waals surface area contributed by atoms with E-state index in [9.17, 15) is 9.90 Å². The smallest absolute Gasteiger partial charge is 0.276 e. The number of fused-ring (bicyclic) bond motifs is 1. The van der Waals surface area contributed by atoms with Crippen molar-refractivity contribution in [3.05, 3.63) is 44.5 Å². The molecule has 0 bridgehead atoms. The number of hydrogen-bond donors (Lipinski definition) is 4. The molecule has 98 valence electrons. The Balaban J connectivity index is 2.22. The van der Waals surface area contributed by atoms with Crippen LogP contribution in [0.15, 0.2) is 27.8 Å². The number of rotatable bonds is 3. The zero-order chi connectivity index (χ0) is 13.4. The molecule has 5 N–H and O–H groups in total. The monoisotopic (exact) mass is 276 g/mol. The van der Waals surface area contributed by atoms with E-state index in [2.05, 4.69) is 15.0 Å². The summed E-state index contributed by atoms with van der Waals surface area (Å²) in [6.07, 6.45) is 1.70. The molecule has 1 atom stereocenters. The predicted molar refractivity (Wildman–Crippen MR) is 74.4 cm³/mol. The lowest BCUT2D eigenvalue weighted by molar-refractivity contribution is 0.281. The molecule has 7 heteroatoms. The van der Waals surface area contributed by atoms with Gasteiger partial charge in [-0.05, 0) is 22.4 Å². The summed E-state index contributed by atoms with van der Waals surface area (Å²) in [4.78, 5) is 21.2. The number of hydrogen-bond acceptors (Lipinski definition) is 5. The normalized spacial score (nSPS) is 12.9. The zero-order valence-corrected chi connectivity index (χ0v) is 10.7. The Kier molecular flexibility index (Phi) is 2.84. The van der Waals surface area contributed by atoms with E-state index < -0.39 is 0 Å². The van der Waals surface area contributed by atoms with Crippen LogP contribution in [0.1, 0.15) is 17.0 Å². The Labute approximate surface area is 111 Å². The number of aromatic amines is 2. The highest BCUT2D eigenvalue weighted by Gasteiger charge is 2.20. The van der Waals surface area contributed by atoms with E-state index in [-0.39, 0.29) is 24.0 Å². The highest BCUT2D eigenvalue weighted by Crippen LogP contribution is 2.29. The van der Waals surface area contributed by atoms with E-state index in [1.54, 1.807) is 17.5 Å². The van der Waals surface area contributed by atoms with Crippen molar-refractivity contribution in [3.8, 4) is 0 Å². The summed E-state index contributed by atoms with van der Waals surface area (Å²) < 4.78 is 0. The van der Waals surface area contributed by atoms with Gasteiger partial charge in [-0.2, -0.15) is 11.3 Å². The van der Waals surface area contributed by atoms with E-state index in [0.29, 0.717) is 11.0 Å². The molecule has 19 heavy (non-hydrogen) atoms. The van der Waals surface area contributed by atoms with Crippen LogP contribution in [0.3, 0.4) is 0 Å². The van der Waals surface area contributed by atoms with Crippen molar-refractivity contribution in [2.24, 2.45) is 0 Å².